The number of carbonyl (C=O) groups excluding carboxylic acids is 1. The van der Waals surface area contributed by atoms with Crippen molar-refractivity contribution < 1.29 is 9.53 Å². The van der Waals surface area contributed by atoms with E-state index in [1.54, 1.807) is 5.01 Å². The molecule has 1 aromatic carbocycles. The molecule has 1 saturated heterocycles. The SMILES string of the molecule is C/C(CCc1ccccc1)=N\N1C(=O)O[C@@H]2C[C@H]3CC[C@@]21C3(C)C. The third-order valence-corrected chi connectivity index (χ3v) is 6.72. The molecule has 24 heavy (non-hydrogen) atoms. The van der Waals surface area contributed by atoms with E-state index in [1.165, 1.54) is 12.0 Å². The highest BCUT2D eigenvalue weighted by Crippen LogP contribution is 2.65. The van der Waals surface area contributed by atoms with Gasteiger partial charge in [-0.25, -0.2) is 4.79 Å². The second-order valence-electron chi connectivity index (χ2n) is 8.12. The first kappa shape index (κ1) is 15.7. The van der Waals surface area contributed by atoms with Gasteiger partial charge in [0.1, 0.15) is 11.6 Å². The van der Waals surface area contributed by atoms with Crippen molar-refractivity contribution in [1.82, 2.24) is 5.01 Å². The number of amides is 1. The van der Waals surface area contributed by atoms with Crippen LogP contribution in [0.25, 0.3) is 0 Å². The third kappa shape index (κ3) is 2.04. The van der Waals surface area contributed by atoms with Gasteiger partial charge in [-0.15, -0.1) is 0 Å². The molecule has 0 radical (unpaired) electrons. The fraction of sp³-hybridized carbons (Fsp3) is 0.600. The molecule has 4 heteroatoms. The van der Waals surface area contributed by atoms with Gasteiger partial charge >= 0.3 is 6.09 Å². The molecule has 1 spiro atoms. The van der Waals surface area contributed by atoms with Gasteiger partial charge in [0.25, 0.3) is 0 Å². The van der Waals surface area contributed by atoms with Crippen LogP contribution in [-0.2, 0) is 11.2 Å². The number of fused-ring (bicyclic) bond motifs is 1. The number of carbonyl (C=O) groups is 1. The zero-order valence-corrected chi connectivity index (χ0v) is 14.8. The maximum atomic E-state index is 12.5. The van der Waals surface area contributed by atoms with Crippen LogP contribution in [0.1, 0.15) is 52.0 Å². The topological polar surface area (TPSA) is 41.9 Å². The molecule has 2 saturated carbocycles. The number of hydrogen-bond donors (Lipinski definition) is 0. The van der Waals surface area contributed by atoms with Gasteiger partial charge in [0.05, 0.1) is 0 Å². The number of ether oxygens (including phenoxy) is 1. The number of rotatable bonds is 4. The Hall–Kier alpha value is -1.84. The van der Waals surface area contributed by atoms with Crippen LogP contribution in [0.4, 0.5) is 4.79 Å². The minimum absolute atomic E-state index is 0.0180. The molecule has 4 rings (SSSR count). The summed E-state index contributed by atoms with van der Waals surface area (Å²) in [5.74, 6) is 0.637. The predicted octanol–water partition coefficient (Wildman–Crippen LogP) is 4.39. The van der Waals surface area contributed by atoms with Gasteiger partial charge in [-0.3, -0.25) is 0 Å². The molecular weight excluding hydrogens is 300 g/mol. The smallest absolute Gasteiger partial charge is 0.431 e. The fourth-order valence-corrected chi connectivity index (χ4v) is 5.19. The van der Waals surface area contributed by atoms with E-state index in [0.29, 0.717) is 5.92 Å². The first-order valence-corrected chi connectivity index (χ1v) is 9.04. The number of hydrazone groups is 1. The normalized spacial score (nSPS) is 33.7. The largest absolute Gasteiger partial charge is 0.442 e. The fourth-order valence-electron chi connectivity index (χ4n) is 5.19. The summed E-state index contributed by atoms with van der Waals surface area (Å²) >= 11 is 0. The van der Waals surface area contributed by atoms with E-state index in [-0.39, 0.29) is 23.2 Å². The highest BCUT2D eigenvalue weighted by atomic mass is 16.6. The first-order chi connectivity index (χ1) is 11.4. The van der Waals surface area contributed by atoms with Crippen molar-refractivity contribution in [3.05, 3.63) is 35.9 Å². The molecule has 4 nitrogen and oxygen atoms in total. The van der Waals surface area contributed by atoms with Gasteiger partial charge in [0, 0.05) is 5.71 Å². The van der Waals surface area contributed by atoms with Crippen LogP contribution in [0.3, 0.4) is 0 Å². The molecule has 0 unspecified atom stereocenters. The lowest BCUT2D eigenvalue weighted by Crippen LogP contribution is -2.53. The van der Waals surface area contributed by atoms with Crippen molar-refractivity contribution >= 4 is 11.8 Å². The highest BCUT2D eigenvalue weighted by molar-refractivity contribution is 5.84. The Kier molecular flexibility index (Phi) is 3.48. The average Bonchev–Trinajstić information content (AvgIpc) is 3.08. The molecule has 3 aliphatic rings. The third-order valence-electron chi connectivity index (χ3n) is 6.72. The van der Waals surface area contributed by atoms with Crippen LogP contribution in [-0.4, -0.2) is 28.5 Å². The Morgan fingerprint density at radius 1 is 1.33 bits per heavy atom. The monoisotopic (exact) mass is 326 g/mol. The van der Waals surface area contributed by atoms with Gasteiger partial charge in [-0.2, -0.15) is 10.1 Å². The van der Waals surface area contributed by atoms with Crippen LogP contribution in [0.15, 0.2) is 35.4 Å². The van der Waals surface area contributed by atoms with E-state index < -0.39 is 0 Å². The van der Waals surface area contributed by atoms with E-state index in [1.807, 2.05) is 13.0 Å². The summed E-state index contributed by atoms with van der Waals surface area (Å²) in [5, 5.41) is 6.47. The van der Waals surface area contributed by atoms with Gasteiger partial charge in [0.15, 0.2) is 0 Å². The Balaban J connectivity index is 1.55. The second kappa shape index (κ2) is 5.33. The van der Waals surface area contributed by atoms with Gasteiger partial charge in [-0.1, -0.05) is 44.2 Å². The number of nitrogens with zero attached hydrogens (tertiary/aromatic N) is 2. The average molecular weight is 326 g/mol. The molecule has 3 fully saturated rings. The van der Waals surface area contributed by atoms with Crippen molar-refractivity contribution in [1.29, 1.82) is 0 Å². The summed E-state index contributed by atoms with van der Waals surface area (Å²) in [7, 11) is 0. The lowest BCUT2D eigenvalue weighted by Gasteiger charge is -2.39. The van der Waals surface area contributed by atoms with Gasteiger partial charge in [-0.05, 0) is 55.9 Å². The maximum absolute atomic E-state index is 12.5. The number of hydrogen-bond acceptors (Lipinski definition) is 3. The molecule has 1 aromatic rings. The van der Waals surface area contributed by atoms with Crippen LogP contribution < -0.4 is 0 Å². The summed E-state index contributed by atoms with van der Waals surface area (Å²) in [6.45, 7) is 6.59. The molecule has 0 aromatic heterocycles. The summed E-state index contributed by atoms with van der Waals surface area (Å²) in [4.78, 5) is 12.5. The van der Waals surface area contributed by atoms with Crippen LogP contribution >= 0.6 is 0 Å². The van der Waals surface area contributed by atoms with Gasteiger partial charge in [0.2, 0.25) is 0 Å². The molecule has 0 N–H and O–H groups in total. The standard InChI is InChI=1S/C20H26N2O2/c1-14(9-10-15-7-5-4-6-8-15)21-22-18(23)24-17-13-16-11-12-20(17,22)19(16,2)3/h4-8,16-17H,9-13H2,1-3H3/b21-14+/t16-,17-,20+/m1/s1. The molecule has 3 atom stereocenters. The van der Waals surface area contributed by atoms with Crippen molar-refractivity contribution in [2.45, 2.75) is 64.5 Å². The molecule has 2 bridgehead atoms. The van der Waals surface area contributed by atoms with Crippen molar-refractivity contribution in [3.63, 3.8) is 0 Å². The molecule has 1 heterocycles. The van der Waals surface area contributed by atoms with Crippen LogP contribution in [0.2, 0.25) is 0 Å². The van der Waals surface area contributed by atoms with E-state index in [0.717, 1.165) is 31.4 Å². The quantitative estimate of drug-likeness (QED) is 0.770. The molecule has 1 amide bonds. The molecule has 128 valence electrons. The van der Waals surface area contributed by atoms with E-state index in [2.05, 4.69) is 38.1 Å². The van der Waals surface area contributed by atoms with Crippen molar-refractivity contribution in [2.24, 2.45) is 16.4 Å². The molecular formula is C20H26N2O2. The Labute approximate surface area is 143 Å². The predicted molar refractivity (Wildman–Crippen MR) is 93.8 cm³/mol. The zero-order valence-electron chi connectivity index (χ0n) is 14.8. The Morgan fingerprint density at radius 2 is 2.08 bits per heavy atom. The van der Waals surface area contributed by atoms with E-state index in [4.69, 9.17) is 9.84 Å². The number of benzene rings is 1. The maximum Gasteiger partial charge on any atom is 0.431 e. The highest BCUT2D eigenvalue weighted by Gasteiger charge is 2.73. The summed E-state index contributed by atoms with van der Waals surface area (Å²) < 4.78 is 5.70. The van der Waals surface area contributed by atoms with E-state index in [9.17, 15) is 4.79 Å². The summed E-state index contributed by atoms with van der Waals surface area (Å²) in [5.41, 5.74) is 2.14. The van der Waals surface area contributed by atoms with Crippen LogP contribution in [0.5, 0.6) is 0 Å². The van der Waals surface area contributed by atoms with E-state index >= 15 is 0 Å². The van der Waals surface area contributed by atoms with Crippen molar-refractivity contribution in [2.75, 3.05) is 0 Å². The number of aryl methyl sites for hydroxylation is 1. The Morgan fingerprint density at radius 3 is 2.79 bits per heavy atom. The lowest BCUT2D eigenvalue weighted by molar-refractivity contribution is 0.0569. The summed E-state index contributed by atoms with van der Waals surface area (Å²) in [6.07, 6.45) is 4.75. The van der Waals surface area contributed by atoms with Gasteiger partial charge < -0.3 is 4.74 Å². The molecule has 2 aliphatic carbocycles. The zero-order chi connectivity index (χ0) is 16.9. The van der Waals surface area contributed by atoms with Crippen molar-refractivity contribution in [3.8, 4) is 0 Å². The Bertz CT molecular complexity index is 682. The lowest BCUT2D eigenvalue weighted by atomic mass is 9.75. The van der Waals surface area contributed by atoms with Crippen LogP contribution in [0, 0.1) is 11.3 Å². The minimum Gasteiger partial charge on any atom is -0.442 e. The second-order valence-corrected chi connectivity index (χ2v) is 8.12. The minimum atomic E-state index is -0.257. The first-order valence-electron chi connectivity index (χ1n) is 9.04. The molecule has 1 aliphatic heterocycles. The summed E-state index contributed by atoms with van der Waals surface area (Å²) in [6, 6.07) is 10.4.